The maximum atomic E-state index is 6.17. The van der Waals surface area contributed by atoms with Crippen LogP contribution in [0.15, 0.2) is 36.5 Å². The van der Waals surface area contributed by atoms with Gasteiger partial charge in [-0.1, -0.05) is 40.9 Å². The zero-order chi connectivity index (χ0) is 13.8. The minimum Gasteiger partial charge on any atom is -0.311 e. The number of likely N-dealkylation sites (N-methyl/N-ethyl adjacent to an activating group) is 1. The lowest BCUT2D eigenvalue weighted by molar-refractivity contribution is 0.576. The van der Waals surface area contributed by atoms with Gasteiger partial charge in [-0.25, -0.2) is 0 Å². The molecule has 0 saturated heterocycles. The molecule has 2 nitrogen and oxygen atoms in total. The lowest BCUT2D eigenvalue weighted by Crippen LogP contribution is -2.20. The molecule has 1 aromatic heterocycles. The number of pyridine rings is 1. The summed E-state index contributed by atoms with van der Waals surface area (Å²) in [5.41, 5.74) is 1.91. The molecule has 1 aromatic carbocycles. The van der Waals surface area contributed by atoms with Crippen LogP contribution in [0, 0.1) is 0 Å². The predicted molar refractivity (Wildman–Crippen MR) is 81.2 cm³/mol. The molecule has 0 bridgehead atoms. The highest BCUT2D eigenvalue weighted by Crippen LogP contribution is 2.27. The Bertz CT molecular complexity index is 572. The first kappa shape index (κ1) is 14.6. The van der Waals surface area contributed by atoms with E-state index in [1.165, 1.54) is 0 Å². The second-order valence-corrected chi connectivity index (χ2v) is 5.39. The molecule has 2 rings (SSSR count). The Kier molecular flexibility index (Phi) is 5.06. The van der Waals surface area contributed by atoms with Crippen LogP contribution in [0.2, 0.25) is 15.1 Å². The maximum absolute atomic E-state index is 6.17. The molecule has 0 aliphatic rings. The van der Waals surface area contributed by atoms with Crippen molar-refractivity contribution in [2.24, 2.45) is 0 Å². The molecule has 0 spiro atoms. The second-order valence-electron chi connectivity index (χ2n) is 4.16. The van der Waals surface area contributed by atoms with Crippen LogP contribution < -0.4 is 5.32 Å². The molecule has 2 aromatic rings. The van der Waals surface area contributed by atoms with E-state index in [1.807, 2.05) is 31.3 Å². The lowest BCUT2D eigenvalue weighted by Gasteiger charge is -2.17. The smallest absolute Gasteiger partial charge is 0.0762 e. The molecular formula is C14H13Cl3N2. The molecule has 1 atom stereocenters. The van der Waals surface area contributed by atoms with Gasteiger partial charge in [0.1, 0.15) is 0 Å². The fraction of sp³-hybridized carbons (Fsp3) is 0.214. The second kappa shape index (κ2) is 6.58. The molecule has 0 aliphatic carbocycles. The predicted octanol–water partition coefficient (Wildman–Crippen LogP) is 4.55. The monoisotopic (exact) mass is 314 g/mol. The van der Waals surface area contributed by atoms with Gasteiger partial charge in [0.15, 0.2) is 0 Å². The number of nitrogens with one attached hydrogen (secondary N) is 1. The van der Waals surface area contributed by atoms with Crippen LogP contribution in [0.5, 0.6) is 0 Å². The van der Waals surface area contributed by atoms with Crippen molar-refractivity contribution in [3.05, 3.63) is 62.9 Å². The molecule has 1 unspecified atom stereocenters. The molecular weight excluding hydrogens is 303 g/mol. The fourth-order valence-corrected chi connectivity index (χ4v) is 2.47. The molecule has 0 amide bonds. The highest BCUT2D eigenvalue weighted by Gasteiger charge is 2.15. The Morgan fingerprint density at radius 2 is 1.89 bits per heavy atom. The summed E-state index contributed by atoms with van der Waals surface area (Å²) in [5, 5.41) is 4.99. The summed E-state index contributed by atoms with van der Waals surface area (Å²) in [5.74, 6) is 0. The average molecular weight is 316 g/mol. The molecule has 0 aliphatic heterocycles. The van der Waals surface area contributed by atoms with Gasteiger partial charge < -0.3 is 5.32 Å². The summed E-state index contributed by atoms with van der Waals surface area (Å²) in [6, 6.07) is 9.30. The summed E-state index contributed by atoms with van der Waals surface area (Å²) in [6.07, 6.45) is 2.48. The van der Waals surface area contributed by atoms with E-state index in [0.717, 1.165) is 17.7 Å². The van der Waals surface area contributed by atoms with Gasteiger partial charge >= 0.3 is 0 Å². The van der Waals surface area contributed by atoms with Gasteiger partial charge in [0.25, 0.3) is 0 Å². The van der Waals surface area contributed by atoms with Crippen LogP contribution in [0.4, 0.5) is 0 Å². The van der Waals surface area contributed by atoms with Gasteiger partial charge in [-0.3, -0.25) is 4.98 Å². The number of benzene rings is 1. The number of aromatic nitrogens is 1. The van der Waals surface area contributed by atoms with Crippen LogP contribution in [0.1, 0.15) is 17.3 Å². The summed E-state index contributed by atoms with van der Waals surface area (Å²) in [6.45, 7) is 0. The number of hydrogen-bond acceptors (Lipinski definition) is 2. The molecule has 0 radical (unpaired) electrons. The van der Waals surface area contributed by atoms with Gasteiger partial charge in [-0.05, 0) is 43.3 Å². The topological polar surface area (TPSA) is 24.9 Å². The maximum Gasteiger partial charge on any atom is 0.0762 e. The van der Waals surface area contributed by atoms with E-state index in [4.69, 9.17) is 34.8 Å². The SMILES string of the molecule is CNC(Cc1ccc(Cl)c(Cl)c1)c1ncccc1Cl. The van der Waals surface area contributed by atoms with Crippen LogP contribution in [-0.4, -0.2) is 12.0 Å². The summed E-state index contributed by atoms with van der Waals surface area (Å²) in [4.78, 5) is 4.33. The lowest BCUT2D eigenvalue weighted by atomic mass is 10.0. The van der Waals surface area contributed by atoms with Crippen molar-refractivity contribution >= 4 is 34.8 Å². The van der Waals surface area contributed by atoms with Gasteiger partial charge in [-0.2, -0.15) is 0 Å². The van der Waals surface area contributed by atoms with Crippen LogP contribution in [0.3, 0.4) is 0 Å². The Labute approximate surface area is 127 Å². The summed E-state index contributed by atoms with van der Waals surface area (Å²) < 4.78 is 0. The van der Waals surface area contributed by atoms with Crippen molar-refractivity contribution in [3.8, 4) is 0 Å². The van der Waals surface area contributed by atoms with Crippen LogP contribution >= 0.6 is 34.8 Å². The minimum absolute atomic E-state index is 0.0333. The first-order valence-corrected chi connectivity index (χ1v) is 6.97. The third kappa shape index (κ3) is 3.61. The van der Waals surface area contributed by atoms with Crippen molar-refractivity contribution in [3.63, 3.8) is 0 Å². The molecule has 1 N–H and O–H groups in total. The summed E-state index contributed by atoms with van der Waals surface area (Å²) in [7, 11) is 1.88. The normalized spacial score (nSPS) is 12.4. The standard InChI is InChI=1S/C14H13Cl3N2/c1-18-13(14-11(16)3-2-6-19-14)8-9-4-5-10(15)12(17)7-9/h2-7,13,18H,8H2,1H3. The number of hydrogen-bond donors (Lipinski definition) is 1. The number of halogens is 3. The first-order valence-electron chi connectivity index (χ1n) is 5.83. The van der Waals surface area contributed by atoms with E-state index in [1.54, 1.807) is 12.3 Å². The molecule has 0 fully saturated rings. The summed E-state index contributed by atoms with van der Waals surface area (Å²) >= 11 is 18.1. The third-order valence-electron chi connectivity index (χ3n) is 2.89. The first-order chi connectivity index (χ1) is 9.11. The van der Waals surface area contributed by atoms with Gasteiger partial charge in [0, 0.05) is 6.20 Å². The van der Waals surface area contributed by atoms with Gasteiger partial charge in [-0.15, -0.1) is 0 Å². The van der Waals surface area contributed by atoms with Crippen molar-refractivity contribution in [2.75, 3.05) is 7.05 Å². The molecule has 19 heavy (non-hydrogen) atoms. The fourth-order valence-electron chi connectivity index (χ4n) is 1.89. The van der Waals surface area contributed by atoms with Crippen molar-refractivity contribution < 1.29 is 0 Å². The van der Waals surface area contributed by atoms with E-state index < -0.39 is 0 Å². The third-order valence-corrected chi connectivity index (χ3v) is 3.95. The van der Waals surface area contributed by atoms with E-state index in [9.17, 15) is 0 Å². The highest BCUT2D eigenvalue weighted by atomic mass is 35.5. The Morgan fingerprint density at radius 3 is 2.53 bits per heavy atom. The Hall–Kier alpha value is -0.800. The van der Waals surface area contributed by atoms with E-state index in [0.29, 0.717) is 15.1 Å². The minimum atomic E-state index is 0.0333. The van der Waals surface area contributed by atoms with Crippen LogP contribution in [0.25, 0.3) is 0 Å². The van der Waals surface area contributed by atoms with Crippen LogP contribution in [-0.2, 0) is 6.42 Å². The Morgan fingerprint density at radius 1 is 1.11 bits per heavy atom. The largest absolute Gasteiger partial charge is 0.311 e. The van der Waals surface area contributed by atoms with E-state index in [-0.39, 0.29) is 6.04 Å². The molecule has 1 heterocycles. The van der Waals surface area contributed by atoms with E-state index in [2.05, 4.69) is 10.3 Å². The average Bonchev–Trinajstić information content (AvgIpc) is 2.41. The zero-order valence-electron chi connectivity index (χ0n) is 10.3. The van der Waals surface area contributed by atoms with Gasteiger partial charge in [0.2, 0.25) is 0 Å². The molecule has 100 valence electrons. The van der Waals surface area contributed by atoms with Crippen molar-refractivity contribution in [1.82, 2.24) is 10.3 Å². The van der Waals surface area contributed by atoms with Crippen molar-refractivity contribution in [1.29, 1.82) is 0 Å². The van der Waals surface area contributed by atoms with E-state index >= 15 is 0 Å². The Balaban J connectivity index is 2.24. The quantitative estimate of drug-likeness (QED) is 0.895. The zero-order valence-corrected chi connectivity index (χ0v) is 12.6. The van der Waals surface area contributed by atoms with Crippen molar-refractivity contribution in [2.45, 2.75) is 12.5 Å². The number of nitrogens with zero attached hydrogens (tertiary/aromatic N) is 1. The molecule has 5 heteroatoms. The number of rotatable bonds is 4. The highest BCUT2D eigenvalue weighted by molar-refractivity contribution is 6.42. The van der Waals surface area contributed by atoms with Gasteiger partial charge in [0.05, 0.1) is 26.8 Å². The molecule has 0 saturated carbocycles.